The molecule has 0 aromatic rings. The van der Waals surface area contributed by atoms with Crippen molar-refractivity contribution < 1.29 is 0 Å². The van der Waals surface area contributed by atoms with E-state index in [9.17, 15) is 5.21 Å². The molecule has 0 bridgehead atoms. The molecule has 0 spiro atoms. The van der Waals surface area contributed by atoms with Gasteiger partial charge in [0.2, 0.25) is 0 Å². The second-order valence-corrected chi connectivity index (χ2v) is 1.60. The fraction of sp³-hybridized carbons (Fsp3) is 0.667. The van der Waals surface area contributed by atoms with E-state index >= 15 is 0 Å². The molecule has 2 nitrogen and oxygen atoms in total. The molecule has 0 radical (unpaired) electrons. The zero-order valence-electron chi connectivity index (χ0n) is 5.26. The second kappa shape index (κ2) is 4.81. The van der Waals surface area contributed by atoms with Crippen LogP contribution in [0.4, 0.5) is 0 Å². The molecule has 0 heterocycles. The molecular formula is C6H12NO-. The Balaban J connectivity index is 2.97. The lowest BCUT2D eigenvalue weighted by molar-refractivity contribution is 0.406. The number of hydroxylamine groups is 2. The standard InChI is InChI=1S/C6H12NO/c1-3-5-6-7(8)4-2/h3H,1,4-6H2,2H3/q-1. The van der Waals surface area contributed by atoms with Crippen molar-refractivity contribution in [2.75, 3.05) is 13.1 Å². The molecule has 0 aromatic heterocycles. The highest BCUT2D eigenvalue weighted by atomic mass is 16.5. The first-order valence-corrected chi connectivity index (χ1v) is 2.84. The molecule has 8 heavy (non-hydrogen) atoms. The van der Waals surface area contributed by atoms with E-state index in [4.69, 9.17) is 0 Å². The summed E-state index contributed by atoms with van der Waals surface area (Å²) in [5, 5.41) is 11.5. The summed E-state index contributed by atoms with van der Waals surface area (Å²) in [6, 6.07) is 0. The monoisotopic (exact) mass is 114 g/mol. The predicted octanol–water partition coefficient (Wildman–Crippen LogP) is 1.38. The molecule has 0 aliphatic heterocycles. The maximum absolute atomic E-state index is 10.4. The Labute approximate surface area is 50.4 Å². The van der Waals surface area contributed by atoms with Gasteiger partial charge < -0.3 is 10.3 Å². The van der Waals surface area contributed by atoms with Crippen LogP contribution in [-0.2, 0) is 0 Å². The van der Waals surface area contributed by atoms with Crippen LogP contribution in [-0.4, -0.2) is 18.2 Å². The minimum absolute atomic E-state index is 0.577. The summed E-state index contributed by atoms with van der Waals surface area (Å²) in [4.78, 5) is 0. The molecule has 0 rings (SSSR count). The van der Waals surface area contributed by atoms with Crippen molar-refractivity contribution in [1.82, 2.24) is 5.06 Å². The van der Waals surface area contributed by atoms with Gasteiger partial charge in [-0.1, -0.05) is 13.0 Å². The van der Waals surface area contributed by atoms with E-state index in [-0.39, 0.29) is 0 Å². The molecule has 48 valence electrons. The van der Waals surface area contributed by atoms with Crippen molar-refractivity contribution in [3.63, 3.8) is 0 Å². The normalized spacial score (nSPS) is 9.88. The van der Waals surface area contributed by atoms with E-state index in [0.29, 0.717) is 13.1 Å². The maximum Gasteiger partial charge on any atom is -0.0110 e. The van der Waals surface area contributed by atoms with Gasteiger partial charge in [0.1, 0.15) is 0 Å². The average molecular weight is 114 g/mol. The Morgan fingerprint density at radius 3 is 2.75 bits per heavy atom. The summed E-state index contributed by atoms with van der Waals surface area (Å²) in [5.41, 5.74) is 0. The molecule has 0 unspecified atom stereocenters. The SMILES string of the molecule is C=CCCN([O-])CC. The van der Waals surface area contributed by atoms with Gasteiger partial charge in [0.25, 0.3) is 0 Å². The van der Waals surface area contributed by atoms with E-state index in [1.807, 2.05) is 6.92 Å². The number of nitrogens with zero attached hydrogens (tertiary/aromatic N) is 1. The van der Waals surface area contributed by atoms with E-state index in [2.05, 4.69) is 6.58 Å². The van der Waals surface area contributed by atoms with Crippen molar-refractivity contribution in [3.05, 3.63) is 17.9 Å². The topological polar surface area (TPSA) is 26.3 Å². The highest BCUT2D eigenvalue weighted by molar-refractivity contribution is 4.68. The van der Waals surface area contributed by atoms with Crippen molar-refractivity contribution in [1.29, 1.82) is 0 Å². The van der Waals surface area contributed by atoms with Crippen LogP contribution < -0.4 is 0 Å². The molecule has 0 atom stereocenters. The minimum atomic E-state index is 0.577. The van der Waals surface area contributed by atoms with Crippen molar-refractivity contribution >= 4 is 0 Å². The highest BCUT2D eigenvalue weighted by Crippen LogP contribution is 1.86. The summed E-state index contributed by atoms with van der Waals surface area (Å²) in [6.45, 7) is 6.51. The zero-order chi connectivity index (χ0) is 6.41. The molecule has 0 aromatic carbocycles. The third-order valence-corrected chi connectivity index (χ3v) is 0.935. The number of rotatable bonds is 4. The first-order chi connectivity index (χ1) is 3.81. The fourth-order valence-electron chi connectivity index (χ4n) is 0.393. The van der Waals surface area contributed by atoms with Crippen LogP contribution in [0, 0.1) is 5.21 Å². The van der Waals surface area contributed by atoms with Crippen LogP contribution in [0.1, 0.15) is 13.3 Å². The van der Waals surface area contributed by atoms with Gasteiger partial charge in [-0.25, -0.2) is 0 Å². The fourth-order valence-corrected chi connectivity index (χ4v) is 0.393. The Bertz CT molecular complexity index is 63.5. The molecule has 0 fully saturated rings. The van der Waals surface area contributed by atoms with Crippen molar-refractivity contribution in [3.8, 4) is 0 Å². The molecule has 0 amide bonds. The molecule has 0 saturated carbocycles. The third kappa shape index (κ3) is 3.84. The third-order valence-electron chi connectivity index (χ3n) is 0.935. The molecule has 0 saturated heterocycles. The van der Waals surface area contributed by atoms with Crippen LogP contribution in [0.25, 0.3) is 0 Å². The van der Waals surface area contributed by atoms with Crippen LogP contribution in [0.2, 0.25) is 0 Å². The molecule has 0 N–H and O–H groups in total. The van der Waals surface area contributed by atoms with E-state index < -0.39 is 0 Å². The summed E-state index contributed by atoms with van der Waals surface area (Å²) >= 11 is 0. The second-order valence-electron chi connectivity index (χ2n) is 1.60. The van der Waals surface area contributed by atoms with Gasteiger partial charge in [0.05, 0.1) is 0 Å². The van der Waals surface area contributed by atoms with Gasteiger partial charge in [-0.3, -0.25) is 0 Å². The summed E-state index contributed by atoms with van der Waals surface area (Å²) in [6.07, 6.45) is 2.54. The number of hydrogen-bond acceptors (Lipinski definition) is 2. The average Bonchev–Trinajstić information content (AvgIpc) is 1.83. The largest absolute Gasteiger partial charge is 0.785 e. The molecule has 2 heteroatoms. The van der Waals surface area contributed by atoms with E-state index in [1.165, 1.54) is 0 Å². The Morgan fingerprint density at radius 2 is 2.38 bits per heavy atom. The summed E-state index contributed by atoms with van der Waals surface area (Å²) < 4.78 is 0. The Hall–Kier alpha value is -0.340. The minimum Gasteiger partial charge on any atom is -0.785 e. The Morgan fingerprint density at radius 1 is 1.75 bits per heavy atom. The summed E-state index contributed by atoms with van der Waals surface area (Å²) in [7, 11) is 0. The van der Waals surface area contributed by atoms with Crippen molar-refractivity contribution in [2.24, 2.45) is 0 Å². The summed E-state index contributed by atoms with van der Waals surface area (Å²) in [5.74, 6) is 0. The van der Waals surface area contributed by atoms with Crippen LogP contribution in [0.3, 0.4) is 0 Å². The number of hydrogen-bond donors (Lipinski definition) is 0. The van der Waals surface area contributed by atoms with Crippen LogP contribution >= 0.6 is 0 Å². The Kier molecular flexibility index (Phi) is 4.61. The lowest BCUT2D eigenvalue weighted by Crippen LogP contribution is -2.15. The van der Waals surface area contributed by atoms with Gasteiger partial charge in [0, 0.05) is 0 Å². The first kappa shape index (κ1) is 7.66. The van der Waals surface area contributed by atoms with Gasteiger partial charge >= 0.3 is 0 Å². The van der Waals surface area contributed by atoms with Gasteiger partial charge in [-0.05, 0) is 19.5 Å². The van der Waals surface area contributed by atoms with E-state index in [1.54, 1.807) is 6.08 Å². The maximum atomic E-state index is 10.4. The smallest absolute Gasteiger partial charge is 0.0110 e. The lowest BCUT2D eigenvalue weighted by Gasteiger charge is -2.24. The van der Waals surface area contributed by atoms with Gasteiger partial charge in [-0.15, -0.1) is 6.58 Å². The van der Waals surface area contributed by atoms with Crippen LogP contribution in [0.15, 0.2) is 12.7 Å². The quantitative estimate of drug-likeness (QED) is 0.407. The lowest BCUT2D eigenvalue weighted by atomic mass is 10.4. The van der Waals surface area contributed by atoms with Gasteiger partial charge in [0.15, 0.2) is 0 Å². The zero-order valence-corrected chi connectivity index (χ0v) is 5.26. The van der Waals surface area contributed by atoms with Crippen molar-refractivity contribution in [2.45, 2.75) is 13.3 Å². The van der Waals surface area contributed by atoms with E-state index in [0.717, 1.165) is 11.5 Å². The molecule has 0 aliphatic carbocycles. The van der Waals surface area contributed by atoms with Crippen LogP contribution in [0.5, 0.6) is 0 Å². The predicted molar refractivity (Wildman–Crippen MR) is 35.4 cm³/mol. The molecular weight excluding hydrogens is 102 g/mol. The first-order valence-electron chi connectivity index (χ1n) is 2.84. The van der Waals surface area contributed by atoms with Gasteiger partial charge in [-0.2, -0.15) is 0 Å². The highest BCUT2D eigenvalue weighted by Gasteiger charge is 1.80. The molecule has 0 aliphatic rings.